The molecule has 2 heteroatoms. The zero-order valence-corrected chi connectivity index (χ0v) is 13.4. The van der Waals surface area contributed by atoms with Gasteiger partial charge in [-0.3, -0.25) is 11.3 Å². The highest BCUT2D eigenvalue weighted by molar-refractivity contribution is 5.13. The van der Waals surface area contributed by atoms with Gasteiger partial charge in [0.25, 0.3) is 0 Å². The molecule has 114 valence electrons. The normalized spacial score (nSPS) is 52.0. The molecule has 0 amide bonds. The predicted molar refractivity (Wildman–Crippen MR) is 82.9 cm³/mol. The Labute approximate surface area is 124 Å². The second kappa shape index (κ2) is 4.23. The van der Waals surface area contributed by atoms with Crippen LogP contribution in [-0.4, -0.2) is 6.04 Å². The maximum absolute atomic E-state index is 6.06. The molecule has 0 aromatic rings. The average Bonchev–Trinajstić information content (AvgIpc) is 2.21. The van der Waals surface area contributed by atoms with Crippen LogP contribution in [0.4, 0.5) is 0 Å². The molecule has 4 bridgehead atoms. The summed E-state index contributed by atoms with van der Waals surface area (Å²) in [7, 11) is 0. The number of hydrogen-bond acceptors (Lipinski definition) is 2. The lowest BCUT2D eigenvalue weighted by Gasteiger charge is -2.67. The lowest BCUT2D eigenvalue weighted by molar-refractivity contribution is -0.160. The molecular formula is C18H32N2. The van der Waals surface area contributed by atoms with Crippen LogP contribution < -0.4 is 11.3 Å². The maximum Gasteiger partial charge on any atom is 0.0270 e. The maximum atomic E-state index is 6.06. The van der Waals surface area contributed by atoms with Crippen molar-refractivity contribution < 1.29 is 0 Å². The van der Waals surface area contributed by atoms with Gasteiger partial charge in [0.15, 0.2) is 0 Å². The minimum atomic E-state index is 0.521. The van der Waals surface area contributed by atoms with Gasteiger partial charge < -0.3 is 0 Å². The van der Waals surface area contributed by atoms with E-state index in [0.717, 1.165) is 11.8 Å². The molecule has 5 saturated carbocycles. The largest absolute Gasteiger partial charge is 0.271 e. The number of hydrogen-bond donors (Lipinski definition) is 2. The van der Waals surface area contributed by atoms with Crippen molar-refractivity contribution in [3.63, 3.8) is 0 Å². The van der Waals surface area contributed by atoms with Crippen LogP contribution in [0.5, 0.6) is 0 Å². The van der Waals surface area contributed by atoms with E-state index in [0.29, 0.717) is 22.3 Å². The van der Waals surface area contributed by atoms with Crippen LogP contribution in [0.25, 0.3) is 0 Å². The first-order chi connectivity index (χ1) is 9.44. The first-order valence-corrected chi connectivity index (χ1v) is 8.91. The molecule has 5 aliphatic carbocycles. The Morgan fingerprint density at radius 2 is 1.70 bits per heavy atom. The van der Waals surface area contributed by atoms with E-state index in [9.17, 15) is 0 Å². The Kier molecular flexibility index (Phi) is 2.87. The molecule has 5 rings (SSSR count). The van der Waals surface area contributed by atoms with Gasteiger partial charge in [-0.15, -0.1) is 0 Å². The molecule has 3 unspecified atom stereocenters. The van der Waals surface area contributed by atoms with Crippen molar-refractivity contribution in [3.05, 3.63) is 0 Å². The Bertz CT molecular complexity index is 382. The molecule has 2 nitrogen and oxygen atoms in total. The Morgan fingerprint density at radius 3 is 2.15 bits per heavy atom. The highest BCUT2D eigenvalue weighted by Crippen LogP contribution is 2.70. The number of hydrazine groups is 1. The van der Waals surface area contributed by atoms with Crippen LogP contribution in [0.3, 0.4) is 0 Å². The molecule has 0 heterocycles. The van der Waals surface area contributed by atoms with Crippen LogP contribution in [0.15, 0.2) is 0 Å². The van der Waals surface area contributed by atoms with Crippen molar-refractivity contribution in [2.24, 2.45) is 33.9 Å². The van der Waals surface area contributed by atoms with Crippen molar-refractivity contribution in [3.8, 4) is 0 Å². The van der Waals surface area contributed by atoms with Gasteiger partial charge in [0, 0.05) is 6.04 Å². The van der Waals surface area contributed by atoms with Gasteiger partial charge in [-0.25, -0.2) is 0 Å². The molecular weight excluding hydrogens is 244 g/mol. The number of rotatable bonds is 4. The number of nitrogens with one attached hydrogen (secondary N) is 1. The fourth-order valence-corrected chi connectivity index (χ4v) is 7.48. The molecule has 0 spiro atoms. The van der Waals surface area contributed by atoms with Gasteiger partial charge >= 0.3 is 0 Å². The van der Waals surface area contributed by atoms with E-state index in [1.54, 1.807) is 0 Å². The zero-order valence-electron chi connectivity index (χ0n) is 13.4. The number of nitrogens with two attached hydrogens (primary N) is 1. The summed E-state index contributed by atoms with van der Waals surface area (Å²) < 4.78 is 0. The summed E-state index contributed by atoms with van der Waals surface area (Å²) in [6.07, 6.45) is 14.5. The van der Waals surface area contributed by atoms with Crippen molar-refractivity contribution in [2.45, 2.75) is 84.1 Å². The topological polar surface area (TPSA) is 38.0 Å². The summed E-state index contributed by atoms with van der Waals surface area (Å²) in [5.41, 5.74) is 5.04. The van der Waals surface area contributed by atoms with Gasteiger partial charge in [-0.2, -0.15) is 0 Å². The smallest absolute Gasteiger partial charge is 0.0270 e. The summed E-state index contributed by atoms with van der Waals surface area (Å²) >= 11 is 0. The minimum absolute atomic E-state index is 0.521. The third kappa shape index (κ3) is 1.98. The molecule has 5 fully saturated rings. The summed E-state index contributed by atoms with van der Waals surface area (Å²) in [5, 5.41) is 0. The SMILES string of the molecule is CC12CC3CC(C)(C1)CC(C(CC1CCC1)NN)(C3)C2. The molecule has 0 aliphatic heterocycles. The van der Waals surface area contributed by atoms with Gasteiger partial charge in [-0.1, -0.05) is 33.1 Å². The average molecular weight is 276 g/mol. The van der Waals surface area contributed by atoms with E-state index >= 15 is 0 Å². The van der Waals surface area contributed by atoms with Crippen LogP contribution in [0.1, 0.15) is 78.1 Å². The standard InChI is InChI=1S/C18H32N2/c1-16-7-14-8-17(2,10-16)12-18(9-14,11-16)15(20-19)6-13-4-3-5-13/h13-15,20H,3-12,19H2,1-2H3. The van der Waals surface area contributed by atoms with E-state index in [2.05, 4.69) is 19.3 Å². The molecule has 3 atom stereocenters. The van der Waals surface area contributed by atoms with Gasteiger partial charge in [0.05, 0.1) is 0 Å². The third-order valence-electron chi connectivity index (χ3n) is 7.40. The lowest BCUT2D eigenvalue weighted by Crippen LogP contribution is -2.62. The van der Waals surface area contributed by atoms with Crippen molar-refractivity contribution in [1.29, 1.82) is 0 Å². The first kappa shape index (κ1) is 13.6. The molecule has 0 aromatic heterocycles. The van der Waals surface area contributed by atoms with Gasteiger partial charge in [0.2, 0.25) is 0 Å². The van der Waals surface area contributed by atoms with Crippen LogP contribution in [-0.2, 0) is 0 Å². The van der Waals surface area contributed by atoms with Crippen molar-refractivity contribution in [1.82, 2.24) is 5.43 Å². The molecule has 0 aromatic carbocycles. The molecule has 0 radical (unpaired) electrons. The Balaban J connectivity index is 1.61. The molecule has 20 heavy (non-hydrogen) atoms. The molecule has 5 aliphatic rings. The second-order valence-electron chi connectivity index (χ2n) is 9.74. The van der Waals surface area contributed by atoms with Gasteiger partial charge in [0.1, 0.15) is 0 Å². The molecule has 0 saturated heterocycles. The minimum Gasteiger partial charge on any atom is -0.271 e. The van der Waals surface area contributed by atoms with E-state index < -0.39 is 0 Å². The fraction of sp³-hybridized carbons (Fsp3) is 1.00. The zero-order chi connectivity index (χ0) is 14.0. The quantitative estimate of drug-likeness (QED) is 0.601. The lowest BCUT2D eigenvalue weighted by atomic mass is 9.39. The highest BCUT2D eigenvalue weighted by atomic mass is 15.2. The Hall–Kier alpha value is -0.0800. The first-order valence-electron chi connectivity index (χ1n) is 8.91. The van der Waals surface area contributed by atoms with Crippen LogP contribution in [0, 0.1) is 28.1 Å². The fourth-order valence-electron chi connectivity index (χ4n) is 7.48. The summed E-state index contributed by atoms with van der Waals surface area (Å²) in [4.78, 5) is 0. The summed E-state index contributed by atoms with van der Waals surface area (Å²) in [5.74, 6) is 8.00. The monoisotopic (exact) mass is 276 g/mol. The van der Waals surface area contributed by atoms with E-state index in [1.807, 2.05) is 0 Å². The molecule has 3 N–H and O–H groups in total. The van der Waals surface area contributed by atoms with Crippen molar-refractivity contribution >= 4 is 0 Å². The Morgan fingerprint density at radius 1 is 1.05 bits per heavy atom. The highest BCUT2D eigenvalue weighted by Gasteiger charge is 2.62. The predicted octanol–water partition coefficient (Wildman–Crippen LogP) is 4.01. The summed E-state index contributed by atoms with van der Waals surface area (Å²) in [6, 6.07) is 0.579. The van der Waals surface area contributed by atoms with E-state index in [1.165, 1.54) is 64.2 Å². The van der Waals surface area contributed by atoms with Crippen LogP contribution >= 0.6 is 0 Å². The third-order valence-corrected chi connectivity index (χ3v) is 7.40. The van der Waals surface area contributed by atoms with Crippen LogP contribution in [0.2, 0.25) is 0 Å². The van der Waals surface area contributed by atoms with E-state index in [-0.39, 0.29) is 0 Å². The van der Waals surface area contributed by atoms with Gasteiger partial charge in [-0.05, 0) is 73.0 Å². The second-order valence-corrected chi connectivity index (χ2v) is 9.74. The van der Waals surface area contributed by atoms with E-state index in [4.69, 9.17) is 5.84 Å². The van der Waals surface area contributed by atoms with Crippen molar-refractivity contribution in [2.75, 3.05) is 0 Å². The summed E-state index contributed by atoms with van der Waals surface area (Å²) in [6.45, 7) is 5.14.